The monoisotopic (exact) mass is 234 g/mol. The summed E-state index contributed by atoms with van der Waals surface area (Å²) in [6, 6.07) is 9.68. The Kier molecular flexibility index (Phi) is 5.03. The van der Waals surface area contributed by atoms with E-state index < -0.39 is 0 Å². The van der Waals surface area contributed by atoms with Crippen molar-refractivity contribution < 1.29 is 4.79 Å². The molecule has 0 saturated carbocycles. The van der Waals surface area contributed by atoms with Crippen LogP contribution in [0.3, 0.4) is 0 Å². The molecule has 0 unspecified atom stereocenters. The van der Waals surface area contributed by atoms with Crippen molar-refractivity contribution in [1.82, 2.24) is 15.6 Å². The average molecular weight is 234 g/mol. The van der Waals surface area contributed by atoms with Crippen LogP contribution in [0, 0.1) is 0 Å². The summed E-state index contributed by atoms with van der Waals surface area (Å²) in [5, 5.41) is 2.64. The van der Waals surface area contributed by atoms with Crippen molar-refractivity contribution >= 4 is 6.03 Å². The zero-order valence-electron chi connectivity index (χ0n) is 10.1. The molecule has 17 heavy (non-hydrogen) atoms. The van der Waals surface area contributed by atoms with Gasteiger partial charge in [-0.05, 0) is 5.56 Å². The lowest BCUT2D eigenvalue weighted by molar-refractivity contribution is 0.221. The molecule has 1 aromatic carbocycles. The van der Waals surface area contributed by atoms with Crippen molar-refractivity contribution in [3.8, 4) is 0 Å². The highest BCUT2D eigenvalue weighted by molar-refractivity contribution is 5.74. The van der Waals surface area contributed by atoms with E-state index in [0.29, 0.717) is 6.42 Å². The third-order valence-corrected chi connectivity index (χ3v) is 2.20. The van der Waals surface area contributed by atoms with Gasteiger partial charge in [0, 0.05) is 32.4 Å². The van der Waals surface area contributed by atoms with Gasteiger partial charge in [-0.1, -0.05) is 30.3 Å². The summed E-state index contributed by atoms with van der Waals surface area (Å²) in [4.78, 5) is 12.8. The van der Waals surface area contributed by atoms with Crippen LogP contribution in [0.2, 0.25) is 0 Å². The SMILES string of the molecule is CN(C)C(=O)N/C=C(/Cc1ccccc1)NN. The van der Waals surface area contributed by atoms with Gasteiger partial charge in [-0.2, -0.15) is 0 Å². The van der Waals surface area contributed by atoms with Gasteiger partial charge in [0.15, 0.2) is 0 Å². The standard InChI is InChI=1S/C12H18N4O/c1-16(2)12(17)14-9-11(15-13)8-10-6-4-3-5-7-10/h3-7,9,15H,8,13H2,1-2H3,(H,14,17)/b11-9-. The van der Waals surface area contributed by atoms with Gasteiger partial charge in [0.25, 0.3) is 0 Å². The van der Waals surface area contributed by atoms with Crippen LogP contribution in [-0.2, 0) is 6.42 Å². The Balaban J connectivity index is 2.60. The Morgan fingerprint density at radius 1 is 1.35 bits per heavy atom. The van der Waals surface area contributed by atoms with E-state index in [9.17, 15) is 4.79 Å². The zero-order chi connectivity index (χ0) is 12.7. The van der Waals surface area contributed by atoms with E-state index in [2.05, 4.69) is 10.7 Å². The number of amides is 2. The molecular weight excluding hydrogens is 216 g/mol. The lowest BCUT2D eigenvalue weighted by Crippen LogP contribution is -2.33. The Bertz CT molecular complexity index is 387. The quantitative estimate of drug-likeness (QED) is 0.533. The Labute approximate surface area is 101 Å². The van der Waals surface area contributed by atoms with Crippen LogP contribution in [0.4, 0.5) is 4.79 Å². The normalized spacial score (nSPS) is 10.9. The highest BCUT2D eigenvalue weighted by Crippen LogP contribution is 2.04. The van der Waals surface area contributed by atoms with Gasteiger partial charge in [0.05, 0.1) is 0 Å². The largest absolute Gasteiger partial charge is 0.331 e. The summed E-state index contributed by atoms with van der Waals surface area (Å²) in [5.74, 6) is 5.40. The molecule has 92 valence electrons. The number of nitrogens with one attached hydrogen (secondary N) is 2. The van der Waals surface area contributed by atoms with Gasteiger partial charge < -0.3 is 15.6 Å². The minimum absolute atomic E-state index is 0.189. The molecule has 0 radical (unpaired) electrons. The minimum Gasteiger partial charge on any atom is -0.331 e. The van der Waals surface area contributed by atoms with E-state index in [0.717, 1.165) is 11.3 Å². The number of nitrogens with zero attached hydrogens (tertiary/aromatic N) is 1. The first-order valence-corrected chi connectivity index (χ1v) is 5.31. The molecule has 0 spiro atoms. The molecule has 0 aromatic heterocycles. The van der Waals surface area contributed by atoms with Crippen LogP contribution >= 0.6 is 0 Å². The van der Waals surface area contributed by atoms with E-state index in [4.69, 9.17) is 5.84 Å². The van der Waals surface area contributed by atoms with E-state index in [1.807, 2.05) is 30.3 Å². The molecule has 0 aliphatic rings. The van der Waals surface area contributed by atoms with Crippen molar-refractivity contribution in [2.45, 2.75) is 6.42 Å². The Morgan fingerprint density at radius 2 is 2.00 bits per heavy atom. The van der Waals surface area contributed by atoms with Crippen LogP contribution < -0.4 is 16.6 Å². The molecule has 5 heteroatoms. The summed E-state index contributed by atoms with van der Waals surface area (Å²) < 4.78 is 0. The van der Waals surface area contributed by atoms with Crippen molar-refractivity contribution in [2.24, 2.45) is 5.84 Å². The minimum atomic E-state index is -0.189. The second-order valence-corrected chi connectivity index (χ2v) is 3.82. The zero-order valence-corrected chi connectivity index (χ0v) is 10.1. The predicted octanol–water partition coefficient (Wildman–Crippen LogP) is 0.805. The van der Waals surface area contributed by atoms with Crippen LogP contribution in [0.5, 0.6) is 0 Å². The maximum atomic E-state index is 11.3. The molecule has 0 heterocycles. The number of urea groups is 1. The first kappa shape index (κ1) is 13.1. The van der Waals surface area contributed by atoms with Crippen molar-refractivity contribution in [1.29, 1.82) is 0 Å². The number of benzene rings is 1. The summed E-state index contributed by atoms with van der Waals surface area (Å²) in [7, 11) is 3.35. The summed E-state index contributed by atoms with van der Waals surface area (Å²) in [6.45, 7) is 0. The molecule has 4 N–H and O–H groups in total. The van der Waals surface area contributed by atoms with Gasteiger partial charge in [-0.15, -0.1) is 0 Å². The molecule has 1 rings (SSSR count). The Morgan fingerprint density at radius 3 is 2.53 bits per heavy atom. The van der Waals surface area contributed by atoms with Crippen molar-refractivity contribution in [3.63, 3.8) is 0 Å². The number of carbonyl (C=O) groups is 1. The molecule has 2 amide bonds. The lowest BCUT2D eigenvalue weighted by atomic mass is 10.1. The number of allylic oxidation sites excluding steroid dienone is 1. The average Bonchev–Trinajstić information content (AvgIpc) is 2.35. The summed E-state index contributed by atoms with van der Waals surface area (Å²) in [5.41, 5.74) is 4.44. The molecule has 0 saturated heterocycles. The van der Waals surface area contributed by atoms with Crippen molar-refractivity contribution in [2.75, 3.05) is 14.1 Å². The van der Waals surface area contributed by atoms with Crippen LogP contribution in [-0.4, -0.2) is 25.0 Å². The number of hydrogen-bond acceptors (Lipinski definition) is 3. The topological polar surface area (TPSA) is 70.4 Å². The van der Waals surface area contributed by atoms with Gasteiger partial charge in [0.2, 0.25) is 0 Å². The number of rotatable bonds is 4. The van der Waals surface area contributed by atoms with Gasteiger partial charge in [-0.25, -0.2) is 4.79 Å². The first-order valence-electron chi connectivity index (χ1n) is 5.31. The van der Waals surface area contributed by atoms with Gasteiger partial charge in [-0.3, -0.25) is 5.84 Å². The van der Waals surface area contributed by atoms with Crippen LogP contribution in [0.25, 0.3) is 0 Å². The van der Waals surface area contributed by atoms with Gasteiger partial charge in [0.1, 0.15) is 0 Å². The van der Waals surface area contributed by atoms with Crippen LogP contribution in [0.15, 0.2) is 42.2 Å². The molecule has 0 aliphatic heterocycles. The van der Waals surface area contributed by atoms with Gasteiger partial charge >= 0.3 is 6.03 Å². The van der Waals surface area contributed by atoms with E-state index in [-0.39, 0.29) is 6.03 Å². The number of hydrogen-bond donors (Lipinski definition) is 3. The molecular formula is C12H18N4O. The molecule has 1 aromatic rings. The first-order chi connectivity index (χ1) is 8.13. The number of carbonyl (C=O) groups excluding carboxylic acids is 1. The Hall–Kier alpha value is -2.01. The third-order valence-electron chi connectivity index (χ3n) is 2.20. The maximum Gasteiger partial charge on any atom is 0.320 e. The number of nitrogens with two attached hydrogens (primary N) is 1. The molecule has 0 bridgehead atoms. The van der Waals surface area contributed by atoms with E-state index in [1.54, 1.807) is 20.3 Å². The molecule has 0 atom stereocenters. The third kappa shape index (κ3) is 4.56. The summed E-state index contributed by atoms with van der Waals surface area (Å²) >= 11 is 0. The smallest absolute Gasteiger partial charge is 0.320 e. The lowest BCUT2D eigenvalue weighted by Gasteiger charge is -2.11. The number of hydrazine groups is 1. The fourth-order valence-corrected chi connectivity index (χ4v) is 1.24. The predicted molar refractivity (Wildman–Crippen MR) is 67.8 cm³/mol. The van der Waals surface area contributed by atoms with Crippen molar-refractivity contribution in [3.05, 3.63) is 47.8 Å². The fourth-order valence-electron chi connectivity index (χ4n) is 1.24. The highest BCUT2D eigenvalue weighted by atomic mass is 16.2. The second kappa shape index (κ2) is 6.55. The molecule has 5 nitrogen and oxygen atoms in total. The fraction of sp³-hybridized carbons (Fsp3) is 0.250. The second-order valence-electron chi connectivity index (χ2n) is 3.82. The summed E-state index contributed by atoms with van der Waals surface area (Å²) in [6.07, 6.45) is 2.22. The van der Waals surface area contributed by atoms with Crippen LogP contribution in [0.1, 0.15) is 5.56 Å². The molecule has 0 aliphatic carbocycles. The molecule has 0 fully saturated rings. The highest BCUT2D eigenvalue weighted by Gasteiger charge is 2.01. The maximum absolute atomic E-state index is 11.3. The van der Waals surface area contributed by atoms with E-state index in [1.165, 1.54) is 4.90 Å². The van der Waals surface area contributed by atoms with E-state index >= 15 is 0 Å².